The molecule has 0 aliphatic heterocycles. The van der Waals surface area contributed by atoms with Crippen LogP contribution in [0.4, 0.5) is 13.2 Å². The van der Waals surface area contributed by atoms with E-state index in [1.54, 1.807) is 13.8 Å². The second-order valence-electron chi connectivity index (χ2n) is 3.38. The molecule has 0 radical (unpaired) electrons. The molecule has 1 nitrogen and oxygen atoms in total. The van der Waals surface area contributed by atoms with Crippen LogP contribution in [0.25, 0.3) is 0 Å². The largest absolute Gasteiger partial charge is 0.425 e. The van der Waals surface area contributed by atoms with Crippen LogP contribution in [0.1, 0.15) is 23.6 Å². The molecule has 13 heavy (non-hydrogen) atoms. The lowest BCUT2D eigenvalue weighted by Gasteiger charge is -2.15. The number of thiophene rings is 1. The lowest BCUT2D eigenvalue weighted by atomic mass is 10.1. The van der Waals surface area contributed by atoms with E-state index in [1.807, 2.05) is 0 Å². The van der Waals surface area contributed by atoms with Crippen LogP contribution in [0, 0.1) is 0 Å². The molecule has 1 aromatic rings. The SMILES string of the molecule is CC(C)(N)c1ccc(C(F)(F)F)s1. The summed E-state index contributed by atoms with van der Waals surface area (Å²) < 4.78 is 36.5. The van der Waals surface area contributed by atoms with Gasteiger partial charge >= 0.3 is 6.18 Å². The molecule has 0 unspecified atom stereocenters. The Morgan fingerprint density at radius 1 is 1.15 bits per heavy atom. The lowest BCUT2D eigenvalue weighted by molar-refractivity contribution is -0.134. The van der Waals surface area contributed by atoms with Crippen LogP contribution in [0.2, 0.25) is 0 Å². The van der Waals surface area contributed by atoms with Gasteiger partial charge in [0.15, 0.2) is 0 Å². The maximum Gasteiger partial charge on any atom is 0.425 e. The molecule has 0 aliphatic rings. The summed E-state index contributed by atoms with van der Waals surface area (Å²) in [5.74, 6) is 0. The Kier molecular flexibility index (Phi) is 2.42. The van der Waals surface area contributed by atoms with Crippen molar-refractivity contribution in [3.63, 3.8) is 0 Å². The van der Waals surface area contributed by atoms with Gasteiger partial charge in [-0.2, -0.15) is 13.2 Å². The van der Waals surface area contributed by atoms with E-state index in [9.17, 15) is 13.2 Å². The maximum atomic E-state index is 12.2. The first-order chi connectivity index (χ1) is 5.71. The number of hydrogen-bond acceptors (Lipinski definition) is 2. The van der Waals surface area contributed by atoms with Gasteiger partial charge in [0, 0.05) is 10.4 Å². The Hall–Kier alpha value is -0.550. The molecule has 0 bridgehead atoms. The topological polar surface area (TPSA) is 26.0 Å². The zero-order valence-electron chi connectivity index (χ0n) is 7.27. The second-order valence-corrected chi connectivity index (χ2v) is 4.47. The number of halogens is 3. The maximum absolute atomic E-state index is 12.2. The monoisotopic (exact) mass is 209 g/mol. The van der Waals surface area contributed by atoms with Crippen LogP contribution in [0.5, 0.6) is 0 Å². The normalized spacial score (nSPS) is 13.4. The van der Waals surface area contributed by atoms with Crippen molar-refractivity contribution in [3.05, 3.63) is 21.9 Å². The molecular formula is C8H10F3NS. The highest BCUT2D eigenvalue weighted by molar-refractivity contribution is 7.12. The third kappa shape index (κ3) is 2.45. The van der Waals surface area contributed by atoms with Crippen LogP contribution in [-0.4, -0.2) is 0 Å². The first-order valence-corrected chi connectivity index (χ1v) is 4.49. The molecule has 0 saturated heterocycles. The highest BCUT2D eigenvalue weighted by Gasteiger charge is 2.33. The van der Waals surface area contributed by atoms with E-state index in [0.717, 1.165) is 6.07 Å². The minimum Gasteiger partial charge on any atom is -0.321 e. The summed E-state index contributed by atoms with van der Waals surface area (Å²) in [4.78, 5) is -0.0548. The molecule has 74 valence electrons. The minimum absolute atomic E-state index is 0.542. The zero-order chi connectivity index (χ0) is 10.3. The first-order valence-electron chi connectivity index (χ1n) is 3.67. The van der Waals surface area contributed by atoms with Gasteiger partial charge in [0.05, 0.1) is 0 Å². The van der Waals surface area contributed by atoms with Gasteiger partial charge in [0.25, 0.3) is 0 Å². The summed E-state index contributed by atoms with van der Waals surface area (Å²) >= 11 is 0.697. The van der Waals surface area contributed by atoms with Crippen LogP contribution in [0.3, 0.4) is 0 Å². The summed E-state index contributed by atoms with van der Waals surface area (Å²) in [6.07, 6.45) is -4.26. The fourth-order valence-corrected chi connectivity index (χ4v) is 1.72. The average Bonchev–Trinajstić information content (AvgIpc) is 2.28. The highest BCUT2D eigenvalue weighted by atomic mass is 32.1. The van der Waals surface area contributed by atoms with Crippen LogP contribution >= 0.6 is 11.3 Å². The smallest absolute Gasteiger partial charge is 0.321 e. The molecule has 0 saturated carbocycles. The van der Waals surface area contributed by atoms with Gasteiger partial charge in [-0.3, -0.25) is 0 Å². The fourth-order valence-electron chi connectivity index (χ4n) is 0.837. The van der Waals surface area contributed by atoms with Crippen LogP contribution < -0.4 is 5.73 Å². The highest BCUT2D eigenvalue weighted by Crippen LogP contribution is 2.37. The van der Waals surface area contributed by atoms with Crippen molar-refractivity contribution >= 4 is 11.3 Å². The molecule has 0 amide bonds. The molecule has 0 aromatic carbocycles. The van der Waals surface area contributed by atoms with Crippen molar-refractivity contribution in [2.75, 3.05) is 0 Å². The van der Waals surface area contributed by atoms with Crippen molar-refractivity contribution in [3.8, 4) is 0 Å². The molecule has 0 atom stereocenters. The van der Waals surface area contributed by atoms with Crippen molar-refractivity contribution in [1.82, 2.24) is 0 Å². The van der Waals surface area contributed by atoms with E-state index >= 15 is 0 Å². The molecule has 1 heterocycles. The van der Waals surface area contributed by atoms with E-state index in [0.29, 0.717) is 16.2 Å². The summed E-state index contributed by atoms with van der Waals surface area (Å²) in [7, 11) is 0. The lowest BCUT2D eigenvalue weighted by Crippen LogP contribution is -2.27. The van der Waals surface area contributed by atoms with Crippen molar-refractivity contribution < 1.29 is 13.2 Å². The van der Waals surface area contributed by atoms with E-state index in [1.165, 1.54) is 6.07 Å². The van der Waals surface area contributed by atoms with E-state index in [4.69, 9.17) is 5.73 Å². The van der Waals surface area contributed by atoms with E-state index < -0.39 is 16.6 Å². The van der Waals surface area contributed by atoms with Crippen molar-refractivity contribution in [1.29, 1.82) is 0 Å². The minimum atomic E-state index is -4.26. The molecule has 2 N–H and O–H groups in total. The van der Waals surface area contributed by atoms with Gasteiger partial charge in [-0.1, -0.05) is 0 Å². The molecule has 1 aromatic heterocycles. The first kappa shape index (κ1) is 10.5. The Morgan fingerprint density at radius 3 is 1.85 bits per heavy atom. The fraction of sp³-hybridized carbons (Fsp3) is 0.500. The molecule has 0 fully saturated rings. The van der Waals surface area contributed by atoms with Crippen molar-refractivity contribution in [2.24, 2.45) is 5.73 Å². The predicted molar refractivity (Wildman–Crippen MR) is 46.5 cm³/mol. The standard InChI is InChI=1S/C8H10F3NS/c1-7(2,12)5-3-4-6(13-5)8(9,10)11/h3-4H,12H2,1-2H3. The number of alkyl halides is 3. The van der Waals surface area contributed by atoms with Gasteiger partial charge in [-0.05, 0) is 26.0 Å². The van der Waals surface area contributed by atoms with Gasteiger partial charge < -0.3 is 5.73 Å². The molecule has 1 rings (SSSR count). The quantitative estimate of drug-likeness (QED) is 0.756. The molecule has 0 aliphatic carbocycles. The summed E-state index contributed by atoms with van der Waals surface area (Å²) in [5.41, 5.74) is 4.96. The van der Waals surface area contributed by atoms with Gasteiger partial charge in [0.2, 0.25) is 0 Å². The van der Waals surface area contributed by atoms with Gasteiger partial charge in [-0.15, -0.1) is 11.3 Å². The van der Waals surface area contributed by atoms with Gasteiger partial charge in [0.1, 0.15) is 4.88 Å². The number of hydrogen-bond donors (Lipinski definition) is 1. The van der Waals surface area contributed by atoms with Gasteiger partial charge in [-0.25, -0.2) is 0 Å². The zero-order valence-corrected chi connectivity index (χ0v) is 8.09. The molecule has 0 spiro atoms. The average molecular weight is 209 g/mol. The second kappa shape index (κ2) is 2.99. The summed E-state index contributed by atoms with van der Waals surface area (Å²) in [5, 5.41) is 0. The van der Waals surface area contributed by atoms with Crippen LogP contribution in [-0.2, 0) is 11.7 Å². The van der Waals surface area contributed by atoms with E-state index in [-0.39, 0.29) is 0 Å². The third-order valence-electron chi connectivity index (χ3n) is 1.52. The molecule has 5 heteroatoms. The Labute approximate surface area is 78.4 Å². The van der Waals surface area contributed by atoms with Crippen LogP contribution in [0.15, 0.2) is 12.1 Å². The third-order valence-corrected chi connectivity index (χ3v) is 2.99. The predicted octanol–water partition coefficient (Wildman–Crippen LogP) is 2.96. The number of nitrogens with two attached hydrogens (primary N) is 1. The molecular weight excluding hydrogens is 199 g/mol. The number of rotatable bonds is 1. The van der Waals surface area contributed by atoms with E-state index in [2.05, 4.69) is 0 Å². The summed E-state index contributed by atoms with van der Waals surface area (Å²) in [6.45, 7) is 3.36. The van der Waals surface area contributed by atoms with Crippen molar-refractivity contribution in [2.45, 2.75) is 25.6 Å². The Balaban J connectivity index is 3.01. The Bertz CT molecular complexity index is 267. The summed E-state index contributed by atoms with van der Waals surface area (Å²) in [6, 6.07) is 2.49. The Morgan fingerprint density at radius 2 is 1.62 bits per heavy atom.